The van der Waals surface area contributed by atoms with Crippen LogP contribution in [0.1, 0.15) is 50.8 Å². The molecule has 8 nitrogen and oxygen atoms in total. The van der Waals surface area contributed by atoms with E-state index in [1.807, 2.05) is 26.1 Å². The summed E-state index contributed by atoms with van der Waals surface area (Å²) in [5.41, 5.74) is 4.40. The highest BCUT2D eigenvalue weighted by molar-refractivity contribution is 6.03. The molecule has 3 heterocycles. The van der Waals surface area contributed by atoms with E-state index in [4.69, 9.17) is 14.6 Å². The van der Waals surface area contributed by atoms with E-state index in [0.29, 0.717) is 28.6 Å². The zero-order chi connectivity index (χ0) is 21.3. The lowest BCUT2D eigenvalue weighted by Crippen LogP contribution is -2.26. The second kappa shape index (κ2) is 7.91. The lowest BCUT2D eigenvalue weighted by molar-refractivity contribution is -0.0464. The average molecular weight is 412 g/mol. The molecule has 1 aliphatic rings. The van der Waals surface area contributed by atoms with E-state index in [0.717, 1.165) is 18.4 Å². The summed E-state index contributed by atoms with van der Waals surface area (Å²) in [5.74, 6) is 1.52. The molecule has 2 atom stereocenters. The molecule has 158 valence electrons. The number of rotatable bonds is 7. The summed E-state index contributed by atoms with van der Waals surface area (Å²) in [7, 11) is 1.57. The number of anilines is 1. The van der Waals surface area contributed by atoms with Gasteiger partial charge in [-0.2, -0.15) is 5.10 Å². The molecule has 0 amide bonds. The summed E-state index contributed by atoms with van der Waals surface area (Å²) in [6.45, 7) is 5.95. The molecule has 2 aromatic heterocycles. The molecule has 0 saturated carbocycles. The number of aromatic nitrogens is 3. The predicted molar refractivity (Wildman–Crippen MR) is 112 cm³/mol. The summed E-state index contributed by atoms with van der Waals surface area (Å²) in [5, 5.41) is 7.66. The van der Waals surface area contributed by atoms with Crippen molar-refractivity contribution in [3.8, 4) is 5.75 Å². The maximum atomic E-state index is 13.7. The van der Waals surface area contributed by atoms with Gasteiger partial charge in [-0.1, -0.05) is 13.3 Å². The zero-order valence-electron chi connectivity index (χ0n) is 17.4. The molecule has 0 fully saturated rings. The monoisotopic (exact) mass is 412 g/mol. The second-order valence-corrected chi connectivity index (χ2v) is 7.48. The Labute approximate surface area is 174 Å². The lowest BCUT2D eigenvalue weighted by atomic mass is 10.1. The summed E-state index contributed by atoms with van der Waals surface area (Å²) >= 11 is 0. The fraction of sp³-hybridized carbons (Fsp3) is 0.381. The number of aliphatic imine (C=N–C) groups is 1. The molecule has 0 spiro atoms. The van der Waals surface area contributed by atoms with Gasteiger partial charge in [-0.15, -0.1) is 0 Å². The highest BCUT2D eigenvalue weighted by Gasteiger charge is 2.32. The van der Waals surface area contributed by atoms with E-state index in [1.54, 1.807) is 23.9 Å². The van der Waals surface area contributed by atoms with Gasteiger partial charge < -0.3 is 10.1 Å². The highest BCUT2D eigenvalue weighted by Crippen LogP contribution is 2.29. The van der Waals surface area contributed by atoms with Crippen LogP contribution in [0.25, 0.3) is 5.65 Å². The summed E-state index contributed by atoms with van der Waals surface area (Å²) in [6, 6.07) is 6.04. The van der Waals surface area contributed by atoms with Gasteiger partial charge >= 0.3 is 0 Å². The third kappa shape index (κ3) is 3.80. The Kier molecular flexibility index (Phi) is 5.29. The molecule has 2 N–H and O–H groups in total. The van der Waals surface area contributed by atoms with Crippen molar-refractivity contribution < 1.29 is 14.0 Å². The van der Waals surface area contributed by atoms with Crippen LogP contribution in [0.15, 0.2) is 41.7 Å². The average Bonchev–Trinajstić information content (AvgIpc) is 3.31. The van der Waals surface area contributed by atoms with Crippen LogP contribution in [0.3, 0.4) is 0 Å². The summed E-state index contributed by atoms with van der Waals surface area (Å²) in [4.78, 5) is 15.1. The largest absolute Gasteiger partial charge is 0.496 e. The minimum absolute atomic E-state index is 0.227. The summed E-state index contributed by atoms with van der Waals surface area (Å²) in [6.07, 6.45) is 5.27. The van der Waals surface area contributed by atoms with Crippen molar-refractivity contribution in [1.82, 2.24) is 20.1 Å². The molecular weight excluding hydrogens is 387 g/mol. The van der Waals surface area contributed by atoms with E-state index in [9.17, 15) is 4.39 Å². The Morgan fingerprint density at radius 3 is 2.97 bits per heavy atom. The third-order valence-corrected chi connectivity index (χ3v) is 5.08. The smallest absolute Gasteiger partial charge is 0.184 e. The number of hydrogen-bond donors (Lipinski definition) is 2. The maximum Gasteiger partial charge on any atom is 0.184 e. The minimum Gasteiger partial charge on any atom is -0.496 e. The lowest BCUT2D eigenvalue weighted by Gasteiger charge is -2.18. The Morgan fingerprint density at radius 2 is 2.20 bits per heavy atom. The SMILES string of the molecule is CCCC1(C)N=C(c2cnn3ccc(N[C@H](C)c4cc(F)ccc4OC)nc23)NO1. The number of amidine groups is 1. The Morgan fingerprint density at radius 1 is 1.37 bits per heavy atom. The second-order valence-electron chi connectivity index (χ2n) is 7.48. The van der Waals surface area contributed by atoms with Gasteiger partial charge in [-0.25, -0.2) is 29.2 Å². The van der Waals surface area contributed by atoms with Gasteiger partial charge in [-0.3, -0.25) is 0 Å². The molecule has 0 saturated heterocycles. The molecule has 0 bridgehead atoms. The molecule has 4 rings (SSSR count). The maximum absolute atomic E-state index is 13.7. The van der Waals surface area contributed by atoms with Crippen LogP contribution in [-0.2, 0) is 4.84 Å². The van der Waals surface area contributed by atoms with E-state index >= 15 is 0 Å². The van der Waals surface area contributed by atoms with Gasteiger partial charge in [0.05, 0.1) is 24.9 Å². The van der Waals surface area contributed by atoms with E-state index < -0.39 is 5.72 Å². The van der Waals surface area contributed by atoms with E-state index in [1.165, 1.54) is 12.1 Å². The van der Waals surface area contributed by atoms with Crippen molar-refractivity contribution in [2.75, 3.05) is 12.4 Å². The van der Waals surface area contributed by atoms with Gasteiger partial charge in [0.15, 0.2) is 17.2 Å². The first kappa shape index (κ1) is 20.1. The first-order chi connectivity index (χ1) is 14.4. The van der Waals surface area contributed by atoms with Crippen LogP contribution in [-0.4, -0.2) is 33.3 Å². The number of hydrogen-bond acceptors (Lipinski definition) is 7. The Balaban J connectivity index is 1.63. The standard InChI is InChI=1S/C21H25FN6O2/c1-5-9-21(3)26-19(27-30-21)16-12-23-28-10-8-18(25-20(16)28)24-13(2)15-11-14(22)6-7-17(15)29-4/h6-8,10-13H,5,9H2,1-4H3,(H,24,25)(H,26,27)/t13-,21?/m1/s1. The van der Waals surface area contributed by atoms with Crippen LogP contribution in [0.4, 0.5) is 10.2 Å². The van der Waals surface area contributed by atoms with Crippen molar-refractivity contribution in [3.63, 3.8) is 0 Å². The third-order valence-electron chi connectivity index (χ3n) is 5.08. The van der Waals surface area contributed by atoms with E-state index in [-0.39, 0.29) is 11.9 Å². The number of benzene rings is 1. The molecule has 30 heavy (non-hydrogen) atoms. The zero-order valence-corrected chi connectivity index (χ0v) is 17.4. The number of ether oxygens (including phenoxy) is 1. The van der Waals surface area contributed by atoms with Crippen molar-refractivity contribution in [2.24, 2.45) is 4.99 Å². The summed E-state index contributed by atoms with van der Waals surface area (Å²) < 4.78 is 20.8. The van der Waals surface area contributed by atoms with Gasteiger partial charge in [0.2, 0.25) is 0 Å². The van der Waals surface area contributed by atoms with Gasteiger partial charge in [0.1, 0.15) is 17.4 Å². The topological polar surface area (TPSA) is 85.1 Å². The molecule has 1 aliphatic heterocycles. The number of halogens is 1. The number of methoxy groups -OCH3 is 1. The quantitative estimate of drug-likeness (QED) is 0.613. The number of nitrogens with one attached hydrogen (secondary N) is 2. The van der Waals surface area contributed by atoms with Crippen molar-refractivity contribution >= 4 is 17.3 Å². The predicted octanol–water partition coefficient (Wildman–Crippen LogP) is 3.85. The number of nitrogens with zero attached hydrogens (tertiary/aromatic N) is 4. The molecular formula is C21H25FN6O2. The van der Waals surface area contributed by atoms with Crippen LogP contribution in [0, 0.1) is 5.82 Å². The fourth-order valence-electron chi connectivity index (χ4n) is 3.59. The molecule has 1 aromatic carbocycles. The minimum atomic E-state index is -0.601. The van der Waals surface area contributed by atoms with Crippen molar-refractivity contribution in [3.05, 3.63) is 53.6 Å². The molecule has 9 heteroatoms. The molecule has 0 aliphatic carbocycles. The van der Waals surface area contributed by atoms with Crippen LogP contribution >= 0.6 is 0 Å². The van der Waals surface area contributed by atoms with E-state index in [2.05, 4.69) is 27.8 Å². The van der Waals surface area contributed by atoms with Crippen LogP contribution in [0.2, 0.25) is 0 Å². The number of hydroxylamine groups is 1. The van der Waals surface area contributed by atoms with Gasteiger partial charge in [0, 0.05) is 11.8 Å². The Hall–Kier alpha value is -3.20. The molecule has 0 radical (unpaired) electrons. The van der Waals surface area contributed by atoms with Crippen molar-refractivity contribution in [1.29, 1.82) is 0 Å². The van der Waals surface area contributed by atoms with Gasteiger partial charge in [-0.05, 0) is 44.5 Å². The Bertz CT molecular complexity index is 1100. The number of fused-ring (bicyclic) bond motifs is 1. The normalized spacial score (nSPS) is 19.4. The molecule has 1 unspecified atom stereocenters. The van der Waals surface area contributed by atoms with Gasteiger partial charge in [0.25, 0.3) is 0 Å². The van der Waals surface area contributed by atoms with Crippen LogP contribution in [0.5, 0.6) is 5.75 Å². The highest BCUT2D eigenvalue weighted by atomic mass is 19.1. The first-order valence-corrected chi connectivity index (χ1v) is 9.91. The van der Waals surface area contributed by atoms with Crippen LogP contribution < -0.4 is 15.5 Å². The fourth-order valence-corrected chi connectivity index (χ4v) is 3.59. The van der Waals surface area contributed by atoms with Crippen molar-refractivity contribution in [2.45, 2.75) is 45.4 Å². The molecule has 3 aromatic rings. The first-order valence-electron chi connectivity index (χ1n) is 9.91.